The van der Waals surface area contributed by atoms with Gasteiger partial charge in [-0.2, -0.15) is 0 Å². The van der Waals surface area contributed by atoms with Crippen molar-refractivity contribution in [1.29, 1.82) is 0 Å². The molecule has 1 aromatic heterocycles. The molecule has 0 bridgehead atoms. The lowest BCUT2D eigenvalue weighted by atomic mass is 9.90. The molecule has 3 aromatic rings. The minimum atomic E-state index is -0.665. The van der Waals surface area contributed by atoms with Crippen molar-refractivity contribution in [2.75, 3.05) is 33.9 Å². The summed E-state index contributed by atoms with van der Waals surface area (Å²) in [5, 5.41) is 12.9. The summed E-state index contributed by atoms with van der Waals surface area (Å²) >= 11 is 1.71. The average Bonchev–Trinajstić information content (AvgIpc) is 3.36. The number of fused-ring (bicyclic) bond motifs is 1. The van der Waals surface area contributed by atoms with Gasteiger partial charge in [0.1, 0.15) is 18.5 Å². The number of carbonyl (C=O) groups excluding carboxylic acids is 1. The van der Waals surface area contributed by atoms with Crippen LogP contribution >= 0.6 is 11.3 Å². The van der Waals surface area contributed by atoms with E-state index in [0.29, 0.717) is 23.6 Å². The van der Waals surface area contributed by atoms with Crippen molar-refractivity contribution in [3.8, 4) is 17.2 Å². The van der Waals surface area contributed by atoms with Gasteiger partial charge in [-0.15, -0.1) is 11.3 Å². The zero-order chi connectivity index (χ0) is 23.4. The topological polar surface area (TPSA) is 68.2 Å². The van der Waals surface area contributed by atoms with Crippen molar-refractivity contribution in [3.05, 3.63) is 75.5 Å². The Hall–Kier alpha value is -2.87. The minimum Gasteiger partial charge on any atom is -0.493 e. The summed E-state index contributed by atoms with van der Waals surface area (Å²) in [6.45, 7) is 3.00. The first-order valence-corrected chi connectivity index (χ1v) is 11.8. The van der Waals surface area contributed by atoms with Gasteiger partial charge in [0.05, 0.1) is 20.3 Å². The van der Waals surface area contributed by atoms with Crippen LogP contribution in [-0.2, 0) is 6.42 Å². The van der Waals surface area contributed by atoms with E-state index < -0.39 is 6.10 Å². The minimum absolute atomic E-state index is 0.0147. The van der Waals surface area contributed by atoms with Crippen molar-refractivity contribution < 1.29 is 24.1 Å². The molecule has 0 aliphatic carbocycles. The molecule has 4 rings (SSSR count). The molecule has 6 nitrogen and oxygen atoms in total. The van der Waals surface area contributed by atoms with Gasteiger partial charge in [0, 0.05) is 23.5 Å². The summed E-state index contributed by atoms with van der Waals surface area (Å²) < 4.78 is 16.9. The van der Waals surface area contributed by atoms with Crippen LogP contribution in [0, 0.1) is 0 Å². The number of ketones is 1. The summed E-state index contributed by atoms with van der Waals surface area (Å²) in [5.74, 6) is 2.09. The first-order chi connectivity index (χ1) is 16.0. The van der Waals surface area contributed by atoms with Crippen LogP contribution < -0.4 is 14.2 Å². The summed E-state index contributed by atoms with van der Waals surface area (Å²) in [5.41, 5.74) is 3.05. The van der Waals surface area contributed by atoms with Gasteiger partial charge in [0.2, 0.25) is 0 Å². The second-order valence-electron chi connectivity index (χ2n) is 8.11. The molecule has 0 unspecified atom stereocenters. The second-order valence-corrected chi connectivity index (χ2v) is 9.09. The number of ether oxygens (including phenoxy) is 3. The highest BCUT2D eigenvalue weighted by Gasteiger charge is 2.32. The SMILES string of the molecule is COc1cc2c(cc1OC)[C@H](c1cccs1)N(C[C@H](O)COc1ccc(C(C)=O)cc1)CC2. The van der Waals surface area contributed by atoms with E-state index in [1.54, 1.807) is 49.8 Å². The molecular weight excluding hydrogens is 438 g/mol. The maximum Gasteiger partial charge on any atom is 0.161 e. The first kappa shape index (κ1) is 23.3. The number of thiophene rings is 1. The number of nitrogens with zero attached hydrogens (tertiary/aromatic N) is 1. The molecule has 0 saturated carbocycles. The molecule has 0 fully saturated rings. The smallest absolute Gasteiger partial charge is 0.161 e. The number of aliphatic hydroxyl groups is 1. The molecule has 1 aliphatic rings. The van der Waals surface area contributed by atoms with Crippen molar-refractivity contribution in [3.63, 3.8) is 0 Å². The van der Waals surface area contributed by atoms with Crippen molar-refractivity contribution in [2.24, 2.45) is 0 Å². The molecule has 2 heterocycles. The van der Waals surface area contributed by atoms with Gasteiger partial charge in [-0.25, -0.2) is 0 Å². The van der Waals surface area contributed by atoms with E-state index in [9.17, 15) is 9.90 Å². The quantitative estimate of drug-likeness (QED) is 0.472. The Balaban J connectivity index is 1.50. The van der Waals surface area contributed by atoms with Crippen molar-refractivity contribution >= 4 is 17.1 Å². The van der Waals surface area contributed by atoms with Crippen LogP contribution in [0.25, 0.3) is 0 Å². The maximum atomic E-state index is 11.4. The Morgan fingerprint density at radius 2 is 1.88 bits per heavy atom. The normalized spacial score (nSPS) is 16.7. The number of methoxy groups -OCH3 is 2. The molecule has 0 saturated heterocycles. The Bertz CT molecular complexity index is 1080. The van der Waals surface area contributed by atoms with Crippen LogP contribution in [0.5, 0.6) is 17.2 Å². The fourth-order valence-electron chi connectivity index (χ4n) is 4.28. The van der Waals surface area contributed by atoms with Crippen molar-refractivity contribution in [2.45, 2.75) is 25.5 Å². The Morgan fingerprint density at radius 1 is 1.15 bits per heavy atom. The summed E-state index contributed by atoms with van der Waals surface area (Å²) in [4.78, 5) is 15.0. The van der Waals surface area contributed by atoms with Crippen molar-refractivity contribution in [1.82, 2.24) is 4.90 Å². The van der Waals surface area contributed by atoms with Gasteiger partial charge in [0.15, 0.2) is 17.3 Å². The fourth-order valence-corrected chi connectivity index (χ4v) is 5.15. The van der Waals surface area contributed by atoms with E-state index in [0.717, 1.165) is 18.7 Å². The summed E-state index contributed by atoms with van der Waals surface area (Å²) in [6.07, 6.45) is 0.194. The van der Waals surface area contributed by atoms with E-state index in [-0.39, 0.29) is 18.4 Å². The highest BCUT2D eigenvalue weighted by atomic mass is 32.1. The third kappa shape index (κ3) is 5.21. The lowest BCUT2D eigenvalue weighted by Gasteiger charge is -2.38. The molecule has 7 heteroatoms. The van der Waals surface area contributed by atoms with E-state index in [1.807, 2.05) is 0 Å². The number of benzene rings is 2. The summed E-state index contributed by atoms with van der Waals surface area (Å²) in [6, 6.07) is 15.3. The molecule has 0 amide bonds. The molecule has 174 valence electrons. The molecule has 0 spiro atoms. The van der Waals surface area contributed by atoms with Crippen LogP contribution in [0.4, 0.5) is 0 Å². The predicted molar refractivity (Wildman–Crippen MR) is 129 cm³/mol. The molecule has 1 N–H and O–H groups in total. The summed E-state index contributed by atoms with van der Waals surface area (Å²) in [7, 11) is 3.30. The lowest BCUT2D eigenvalue weighted by Crippen LogP contribution is -2.42. The largest absolute Gasteiger partial charge is 0.493 e. The molecular formula is C26H29NO5S. The zero-order valence-corrected chi connectivity index (χ0v) is 19.9. The van der Waals surface area contributed by atoms with Crippen LogP contribution in [0.2, 0.25) is 0 Å². The number of carbonyl (C=O) groups is 1. The Morgan fingerprint density at radius 3 is 2.52 bits per heavy atom. The van der Waals surface area contributed by atoms with E-state index in [2.05, 4.69) is 34.5 Å². The molecule has 33 heavy (non-hydrogen) atoms. The second kappa shape index (κ2) is 10.4. The number of rotatable bonds is 9. The van der Waals surface area contributed by atoms with Crippen LogP contribution in [-0.4, -0.2) is 55.8 Å². The molecule has 2 atom stereocenters. The zero-order valence-electron chi connectivity index (χ0n) is 19.1. The van der Waals surface area contributed by atoms with Crippen LogP contribution in [0.15, 0.2) is 53.9 Å². The van der Waals surface area contributed by atoms with Gasteiger partial charge in [-0.1, -0.05) is 6.07 Å². The van der Waals surface area contributed by atoms with Crippen LogP contribution in [0.1, 0.15) is 39.3 Å². The van der Waals surface area contributed by atoms with E-state index in [1.165, 1.54) is 22.9 Å². The average molecular weight is 468 g/mol. The Kier molecular flexibility index (Phi) is 7.33. The maximum absolute atomic E-state index is 11.4. The molecule has 2 aromatic carbocycles. The van der Waals surface area contributed by atoms with Gasteiger partial charge in [-0.05, 0) is 72.3 Å². The highest BCUT2D eigenvalue weighted by Crippen LogP contribution is 2.42. The number of aliphatic hydroxyl groups excluding tert-OH is 1. The lowest BCUT2D eigenvalue weighted by molar-refractivity contribution is 0.0558. The number of hydrogen-bond acceptors (Lipinski definition) is 7. The molecule has 1 aliphatic heterocycles. The number of Topliss-reactive ketones (excluding diaryl/α,β-unsaturated/α-hetero) is 1. The predicted octanol–water partition coefficient (Wildman–Crippen LogP) is 4.36. The van der Waals surface area contributed by atoms with E-state index in [4.69, 9.17) is 14.2 Å². The number of β-amino-alcohol motifs (C(OH)–C–C–N with tert-alkyl or cyclic N) is 1. The third-order valence-corrected chi connectivity index (χ3v) is 6.86. The van der Waals surface area contributed by atoms with Gasteiger partial charge in [-0.3, -0.25) is 9.69 Å². The Labute approximate surface area is 198 Å². The molecule has 0 radical (unpaired) electrons. The standard InChI is InChI=1S/C26H29NO5S/c1-17(28)18-6-8-21(9-7-18)32-16-20(29)15-27-11-10-19-13-23(30-2)24(31-3)14-22(19)26(27)25-5-4-12-33-25/h4-9,12-14,20,26,29H,10-11,15-16H2,1-3H3/t20-,26+/m0/s1. The monoisotopic (exact) mass is 467 g/mol. The third-order valence-electron chi connectivity index (χ3n) is 5.93. The van der Waals surface area contributed by atoms with Gasteiger partial charge >= 0.3 is 0 Å². The van der Waals surface area contributed by atoms with Gasteiger partial charge < -0.3 is 19.3 Å². The number of hydrogen-bond donors (Lipinski definition) is 1. The van der Waals surface area contributed by atoms with Gasteiger partial charge in [0.25, 0.3) is 0 Å². The first-order valence-electron chi connectivity index (χ1n) is 10.9. The van der Waals surface area contributed by atoms with E-state index >= 15 is 0 Å². The fraction of sp³-hybridized carbons (Fsp3) is 0.346. The van der Waals surface area contributed by atoms with Crippen LogP contribution in [0.3, 0.4) is 0 Å². The highest BCUT2D eigenvalue weighted by molar-refractivity contribution is 7.10.